The molecule has 17 heavy (non-hydrogen) atoms. The van der Waals surface area contributed by atoms with Gasteiger partial charge in [-0.25, -0.2) is 13.6 Å². The number of nitrogens with two attached hydrogens (primary N) is 1. The number of nitrogens with zero attached hydrogens (tertiary/aromatic N) is 1. The lowest BCUT2D eigenvalue weighted by atomic mass is 10.2. The highest BCUT2D eigenvalue weighted by molar-refractivity contribution is 7.89. The van der Waals surface area contributed by atoms with Crippen LogP contribution in [0.4, 0.5) is 5.69 Å². The topological polar surface area (TPSA) is 92.5 Å². The van der Waals surface area contributed by atoms with Gasteiger partial charge in [-0.1, -0.05) is 0 Å². The van der Waals surface area contributed by atoms with Crippen LogP contribution in [0, 0.1) is 0 Å². The third kappa shape index (κ3) is 2.95. The van der Waals surface area contributed by atoms with Crippen molar-refractivity contribution in [3.05, 3.63) is 23.8 Å². The second kappa shape index (κ2) is 4.72. The quantitative estimate of drug-likeness (QED) is 0.781. The van der Waals surface area contributed by atoms with Crippen molar-refractivity contribution in [2.75, 3.05) is 26.0 Å². The Hall–Kier alpha value is -1.60. The molecule has 0 bridgehead atoms. The van der Waals surface area contributed by atoms with Gasteiger partial charge >= 0.3 is 0 Å². The molecule has 0 saturated carbocycles. The third-order valence-corrected chi connectivity index (χ3v) is 3.18. The minimum atomic E-state index is -3.86. The van der Waals surface area contributed by atoms with Crippen LogP contribution < -0.4 is 15.4 Å². The minimum Gasteiger partial charge on any atom is -0.377 e. The molecule has 1 amide bonds. The number of hydrogen-bond acceptors (Lipinski definition) is 4. The molecule has 1 rings (SSSR count). The van der Waals surface area contributed by atoms with Crippen LogP contribution >= 0.6 is 0 Å². The first-order valence-corrected chi connectivity index (χ1v) is 6.38. The molecule has 3 N–H and O–H groups in total. The maximum absolute atomic E-state index is 11.4. The standard InChI is InChI=1S/C10H15N3O3S/c1-12-10(14)7-4-5-8(13(2)3)9(6-7)17(11,15)16/h4-6H,1-3H3,(H,12,14)(H2,11,15,16). The summed E-state index contributed by atoms with van der Waals surface area (Å²) in [6.07, 6.45) is 0. The number of hydrogen-bond donors (Lipinski definition) is 2. The van der Waals surface area contributed by atoms with Gasteiger partial charge in [-0.2, -0.15) is 0 Å². The molecule has 7 heteroatoms. The van der Waals surface area contributed by atoms with E-state index in [0.29, 0.717) is 5.69 Å². The summed E-state index contributed by atoms with van der Waals surface area (Å²) >= 11 is 0. The van der Waals surface area contributed by atoms with Crippen molar-refractivity contribution in [3.8, 4) is 0 Å². The fourth-order valence-corrected chi connectivity index (χ4v) is 2.23. The Balaban J connectivity index is 3.45. The fourth-order valence-electron chi connectivity index (χ4n) is 1.40. The lowest BCUT2D eigenvalue weighted by molar-refractivity contribution is 0.0963. The summed E-state index contributed by atoms with van der Waals surface area (Å²) in [7, 11) is 1.00. The Morgan fingerprint density at radius 2 is 1.94 bits per heavy atom. The van der Waals surface area contributed by atoms with E-state index in [1.165, 1.54) is 13.1 Å². The second-order valence-electron chi connectivity index (χ2n) is 3.70. The SMILES string of the molecule is CNC(=O)c1ccc(N(C)C)c(S(N)(=O)=O)c1. The molecule has 0 aliphatic rings. The van der Waals surface area contributed by atoms with Crippen LogP contribution in [0.15, 0.2) is 23.1 Å². The van der Waals surface area contributed by atoms with E-state index in [4.69, 9.17) is 5.14 Å². The van der Waals surface area contributed by atoms with Gasteiger partial charge in [-0.05, 0) is 18.2 Å². The molecule has 6 nitrogen and oxygen atoms in total. The Bertz CT molecular complexity index is 538. The normalized spacial score (nSPS) is 11.1. The zero-order chi connectivity index (χ0) is 13.2. The van der Waals surface area contributed by atoms with E-state index in [0.717, 1.165) is 0 Å². The lowest BCUT2D eigenvalue weighted by Crippen LogP contribution is -2.22. The summed E-state index contributed by atoms with van der Waals surface area (Å²) < 4.78 is 22.9. The molecule has 0 heterocycles. The van der Waals surface area contributed by atoms with Crippen LogP contribution in [0.25, 0.3) is 0 Å². The van der Waals surface area contributed by atoms with Gasteiger partial charge < -0.3 is 10.2 Å². The Kier molecular flexibility index (Phi) is 3.74. The summed E-state index contributed by atoms with van der Waals surface area (Å²) in [5.74, 6) is -0.361. The number of anilines is 1. The number of carbonyl (C=O) groups is 1. The fraction of sp³-hybridized carbons (Fsp3) is 0.300. The van der Waals surface area contributed by atoms with E-state index < -0.39 is 10.0 Å². The summed E-state index contributed by atoms with van der Waals surface area (Å²) in [6.45, 7) is 0. The van der Waals surface area contributed by atoms with Crippen LogP contribution in [-0.4, -0.2) is 35.5 Å². The van der Waals surface area contributed by atoms with Crippen molar-refractivity contribution in [1.82, 2.24) is 5.32 Å². The van der Waals surface area contributed by atoms with Crippen molar-refractivity contribution in [2.45, 2.75) is 4.90 Å². The number of amides is 1. The van der Waals surface area contributed by atoms with Crippen LogP contribution in [0.5, 0.6) is 0 Å². The average molecular weight is 257 g/mol. The average Bonchev–Trinajstić information content (AvgIpc) is 2.25. The molecule has 0 unspecified atom stereocenters. The van der Waals surface area contributed by atoms with Crippen molar-refractivity contribution in [2.24, 2.45) is 5.14 Å². The summed E-state index contributed by atoms with van der Waals surface area (Å²) in [6, 6.07) is 4.36. The van der Waals surface area contributed by atoms with Gasteiger partial charge in [0.25, 0.3) is 5.91 Å². The van der Waals surface area contributed by atoms with E-state index >= 15 is 0 Å². The number of benzene rings is 1. The zero-order valence-corrected chi connectivity index (χ0v) is 10.7. The first kappa shape index (κ1) is 13.5. The Labute approximate surface area is 100 Å². The minimum absolute atomic E-state index is 0.0661. The Morgan fingerprint density at radius 1 is 1.35 bits per heavy atom. The maximum Gasteiger partial charge on any atom is 0.251 e. The largest absolute Gasteiger partial charge is 0.377 e. The van der Waals surface area contributed by atoms with Crippen LogP contribution in [0.2, 0.25) is 0 Å². The molecular weight excluding hydrogens is 242 g/mol. The van der Waals surface area contributed by atoms with E-state index in [-0.39, 0.29) is 16.4 Å². The van der Waals surface area contributed by atoms with E-state index in [2.05, 4.69) is 5.32 Å². The molecule has 0 saturated heterocycles. The van der Waals surface area contributed by atoms with Gasteiger partial charge in [0.05, 0.1) is 5.69 Å². The first-order valence-electron chi connectivity index (χ1n) is 4.83. The second-order valence-corrected chi connectivity index (χ2v) is 5.23. The molecule has 1 aromatic carbocycles. The molecule has 0 fully saturated rings. The highest BCUT2D eigenvalue weighted by Crippen LogP contribution is 2.23. The van der Waals surface area contributed by atoms with E-state index in [1.54, 1.807) is 31.1 Å². The number of carbonyl (C=O) groups excluding carboxylic acids is 1. The predicted molar refractivity (Wildman–Crippen MR) is 65.5 cm³/mol. The number of rotatable bonds is 3. The third-order valence-electron chi connectivity index (χ3n) is 2.24. The van der Waals surface area contributed by atoms with Gasteiger partial charge in [0, 0.05) is 26.7 Å². The maximum atomic E-state index is 11.4. The summed E-state index contributed by atoms with van der Waals surface area (Å²) in [5, 5.41) is 7.54. The van der Waals surface area contributed by atoms with Crippen molar-refractivity contribution in [1.29, 1.82) is 0 Å². The van der Waals surface area contributed by atoms with Gasteiger partial charge in [0.1, 0.15) is 4.90 Å². The van der Waals surface area contributed by atoms with Crippen LogP contribution in [0.1, 0.15) is 10.4 Å². The highest BCUT2D eigenvalue weighted by Gasteiger charge is 2.17. The number of primary sulfonamides is 1. The monoisotopic (exact) mass is 257 g/mol. The molecule has 0 aliphatic heterocycles. The molecule has 0 atom stereocenters. The molecule has 0 aliphatic carbocycles. The van der Waals surface area contributed by atoms with Crippen LogP contribution in [-0.2, 0) is 10.0 Å². The molecular formula is C10H15N3O3S. The highest BCUT2D eigenvalue weighted by atomic mass is 32.2. The number of nitrogens with one attached hydrogen (secondary N) is 1. The molecule has 0 radical (unpaired) electrons. The lowest BCUT2D eigenvalue weighted by Gasteiger charge is -2.16. The van der Waals surface area contributed by atoms with Crippen molar-refractivity contribution >= 4 is 21.6 Å². The van der Waals surface area contributed by atoms with Crippen molar-refractivity contribution in [3.63, 3.8) is 0 Å². The van der Waals surface area contributed by atoms with E-state index in [9.17, 15) is 13.2 Å². The van der Waals surface area contributed by atoms with E-state index in [1.807, 2.05) is 0 Å². The molecule has 0 spiro atoms. The summed E-state index contributed by atoms with van der Waals surface area (Å²) in [5.41, 5.74) is 0.697. The van der Waals surface area contributed by atoms with Crippen molar-refractivity contribution < 1.29 is 13.2 Å². The van der Waals surface area contributed by atoms with Gasteiger partial charge in [-0.15, -0.1) is 0 Å². The zero-order valence-electron chi connectivity index (χ0n) is 9.89. The molecule has 1 aromatic rings. The Morgan fingerprint density at radius 3 is 2.35 bits per heavy atom. The van der Waals surface area contributed by atoms with Gasteiger partial charge in [0.15, 0.2) is 0 Å². The predicted octanol–water partition coefficient (Wildman–Crippen LogP) is -0.240. The van der Waals surface area contributed by atoms with Gasteiger partial charge in [-0.3, -0.25) is 4.79 Å². The molecule has 94 valence electrons. The van der Waals surface area contributed by atoms with Crippen LogP contribution in [0.3, 0.4) is 0 Å². The summed E-state index contributed by atoms with van der Waals surface area (Å²) in [4.78, 5) is 13.0. The first-order chi connectivity index (χ1) is 7.77. The smallest absolute Gasteiger partial charge is 0.251 e. The molecule has 0 aromatic heterocycles. The number of sulfonamides is 1. The van der Waals surface area contributed by atoms with Gasteiger partial charge in [0.2, 0.25) is 10.0 Å².